The number of rotatable bonds is 4. The van der Waals surface area contributed by atoms with E-state index in [1.165, 1.54) is 15.9 Å². The summed E-state index contributed by atoms with van der Waals surface area (Å²) in [5.74, 6) is 0.157. The molecule has 25 heavy (non-hydrogen) atoms. The van der Waals surface area contributed by atoms with Crippen LogP contribution in [0, 0.1) is 20.8 Å². The van der Waals surface area contributed by atoms with E-state index in [0.717, 1.165) is 30.9 Å². The molecule has 0 unspecified atom stereocenters. The van der Waals surface area contributed by atoms with Gasteiger partial charge in [0, 0.05) is 27.9 Å². The third-order valence-electron chi connectivity index (χ3n) is 4.15. The molecule has 7 heteroatoms. The highest BCUT2D eigenvalue weighted by molar-refractivity contribution is 9.10. The van der Waals surface area contributed by atoms with Crippen molar-refractivity contribution in [3.63, 3.8) is 0 Å². The Balaban J connectivity index is 2.32. The van der Waals surface area contributed by atoms with E-state index < -0.39 is 5.91 Å². The number of aromatic nitrogens is 2. The molecule has 0 aliphatic heterocycles. The number of carbonyl (C=O) groups is 1. The average molecular weight is 420 g/mol. The second-order valence-electron chi connectivity index (χ2n) is 6.03. The van der Waals surface area contributed by atoms with Crippen molar-refractivity contribution < 1.29 is 4.79 Å². The van der Waals surface area contributed by atoms with Gasteiger partial charge in [0.05, 0.1) is 5.39 Å². The van der Waals surface area contributed by atoms with E-state index in [2.05, 4.69) is 27.0 Å². The fourth-order valence-electron chi connectivity index (χ4n) is 2.94. The van der Waals surface area contributed by atoms with Gasteiger partial charge in [0.25, 0.3) is 5.56 Å². The van der Waals surface area contributed by atoms with Crippen molar-refractivity contribution in [2.24, 2.45) is 5.73 Å². The lowest BCUT2D eigenvalue weighted by atomic mass is 10.0. The maximum absolute atomic E-state index is 13.1. The Bertz CT molecular complexity index is 1050. The molecule has 3 rings (SSSR count). The molecule has 0 aliphatic rings. The van der Waals surface area contributed by atoms with Gasteiger partial charge in [0.1, 0.15) is 10.7 Å². The predicted octanol–water partition coefficient (Wildman–Crippen LogP) is 3.69. The van der Waals surface area contributed by atoms with Crippen molar-refractivity contribution in [2.75, 3.05) is 0 Å². The van der Waals surface area contributed by atoms with Gasteiger partial charge in [-0.1, -0.05) is 33.6 Å². The summed E-state index contributed by atoms with van der Waals surface area (Å²) in [6, 6.07) is 6.07. The topological polar surface area (TPSA) is 78.0 Å². The summed E-state index contributed by atoms with van der Waals surface area (Å²) in [6.45, 7) is 6.04. The number of nitrogens with zero attached hydrogens (tertiary/aromatic N) is 2. The van der Waals surface area contributed by atoms with Crippen LogP contribution in [0.1, 0.15) is 22.7 Å². The SMILES string of the molecule is Cc1ccc(Br)c(-c2c(C)sc3nc(C)n(CCC(N)=O)c(=O)c23)c1. The summed E-state index contributed by atoms with van der Waals surface area (Å²) in [5.41, 5.74) is 8.11. The Morgan fingerprint density at radius 3 is 2.72 bits per heavy atom. The van der Waals surface area contributed by atoms with E-state index in [9.17, 15) is 9.59 Å². The molecule has 2 N–H and O–H groups in total. The first-order valence-corrected chi connectivity index (χ1v) is 9.46. The Labute approximate surface area is 157 Å². The number of aryl methyl sites for hydroxylation is 3. The number of carbonyl (C=O) groups excluding carboxylic acids is 1. The van der Waals surface area contributed by atoms with Gasteiger partial charge in [-0.25, -0.2) is 4.98 Å². The molecule has 5 nitrogen and oxygen atoms in total. The monoisotopic (exact) mass is 419 g/mol. The second kappa shape index (κ2) is 6.72. The number of nitrogens with two attached hydrogens (primary N) is 1. The number of amides is 1. The van der Waals surface area contributed by atoms with Crippen LogP contribution in [0.3, 0.4) is 0 Å². The van der Waals surface area contributed by atoms with E-state index in [0.29, 0.717) is 11.2 Å². The lowest BCUT2D eigenvalue weighted by Crippen LogP contribution is -2.26. The summed E-state index contributed by atoms with van der Waals surface area (Å²) >= 11 is 5.11. The van der Waals surface area contributed by atoms with Gasteiger partial charge in [0.2, 0.25) is 5.91 Å². The molecule has 2 heterocycles. The van der Waals surface area contributed by atoms with Crippen molar-refractivity contribution in [3.05, 3.63) is 49.3 Å². The number of primary amides is 1. The van der Waals surface area contributed by atoms with Gasteiger partial charge in [-0.2, -0.15) is 0 Å². The first kappa shape index (κ1) is 17.8. The summed E-state index contributed by atoms with van der Waals surface area (Å²) in [7, 11) is 0. The lowest BCUT2D eigenvalue weighted by molar-refractivity contribution is -0.118. The molecule has 0 saturated carbocycles. The molecule has 3 aromatic rings. The van der Waals surface area contributed by atoms with Crippen molar-refractivity contribution in [3.8, 4) is 11.1 Å². The molecular formula is C18H18BrN3O2S. The fraction of sp³-hybridized carbons (Fsp3) is 0.278. The highest BCUT2D eigenvalue weighted by Gasteiger charge is 2.20. The predicted molar refractivity (Wildman–Crippen MR) is 105 cm³/mol. The van der Waals surface area contributed by atoms with Crippen LogP contribution in [0.25, 0.3) is 21.3 Å². The molecule has 0 radical (unpaired) electrons. The molecule has 0 aliphatic carbocycles. The van der Waals surface area contributed by atoms with Gasteiger partial charge in [0.15, 0.2) is 0 Å². The Kier molecular flexibility index (Phi) is 4.79. The third-order valence-corrected chi connectivity index (χ3v) is 5.84. The number of thiophene rings is 1. The van der Waals surface area contributed by atoms with Crippen LogP contribution in [0.5, 0.6) is 0 Å². The molecule has 0 spiro atoms. The number of hydrogen-bond acceptors (Lipinski definition) is 4. The van der Waals surface area contributed by atoms with E-state index in [4.69, 9.17) is 5.73 Å². The average Bonchev–Trinajstić information content (AvgIpc) is 2.85. The van der Waals surface area contributed by atoms with Crippen LogP contribution in [0.15, 0.2) is 27.5 Å². The van der Waals surface area contributed by atoms with Gasteiger partial charge in [-0.15, -0.1) is 11.3 Å². The molecule has 1 aromatic carbocycles. The van der Waals surface area contributed by atoms with Crippen molar-refractivity contribution in [2.45, 2.75) is 33.7 Å². The lowest BCUT2D eigenvalue weighted by Gasteiger charge is -2.10. The highest BCUT2D eigenvalue weighted by Crippen LogP contribution is 2.39. The smallest absolute Gasteiger partial charge is 0.262 e. The fourth-order valence-corrected chi connectivity index (χ4v) is 4.45. The third kappa shape index (κ3) is 3.26. The number of fused-ring (bicyclic) bond motifs is 1. The summed E-state index contributed by atoms with van der Waals surface area (Å²) in [4.78, 5) is 30.6. The first-order valence-electron chi connectivity index (χ1n) is 7.85. The minimum Gasteiger partial charge on any atom is -0.370 e. The second-order valence-corrected chi connectivity index (χ2v) is 8.09. The van der Waals surface area contributed by atoms with Crippen LogP contribution >= 0.6 is 27.3 Å². The molecule has 0 bridgehead atoms. The Morgan fingerprint density at radius 1 is 1.32 bits per heavy atom. The van der Waals surface area contributed by atoms with Crippen molar-refractivity contribution >= 4 is 43.4 Å². The zero-order valence-electron chi connectivity index (χ0n) is 14.2. The zero-order chi connectivity index (χ0) is 18.3. The van der Waals surface area contributed by atoms with Crippen LogP contribution in [0.2, 0.25) is 0 Å². The molecule has 130 valence electrons. The van der Waals surface area contributed by atoms with Crippen molar-refractivity contribution in [1.82, 2.24) is 9.55 Å². The number of halogens is 1. The Morgan fingerprint density at radius 2 is 2.04 bits per heavy atom. The minimum absolute atomic E-state index is 0.112. The van der Waals surface area contributed by atoms with Gasteiger partial charge in [-0.3, -0.25) is 14.2 Å². The van der Waals surface area contributed by atoms with E-state index >= 15 is 0 Å². The molecule has 1 amide bonds. The van der Waals surface area contributed by atoms with E-state index in [1.807, 2.05) is 26.0 Å². The normalized spacial score (nSPS) is 11.2. The summed E-state index contributed by atoms with van der Waals surface area (Å²) < 4.78 is 2.47. The molecule has 0 fully saturated rings. The molecule has 0 saturated heterocycles. The standard InChI is InChI=1S/C18H18BrN3O2S/c1-9-4-5-13(19)12(8-9)15-10(2)25-17-16(15)18(24)22(11(3)21-17)7-6-14(20)23/h4-5,8H,6-7H2,1-3H3,(H2,20,23). The van der Waals surface area contributed by atoms with Crippen molar-refractivity contribution in [1.29, 1.82) is 0 Å². The zero-order valence-corrected chi connectivity index (χ0v) is 16.6. The van der Waals surface area contributed by atoms with Gasteiger partial charge < -0.3 is 5.73 Å². The Hall–Kier alpha value is -1.99. The van der Waals surface area contributed by atoms with Gasteiger partial charge in [-0.05, 0) is 32.4 Å². The summed E-state index contributed by atoms with van der Waals surface area (Å²) in [5, 5.41) is 0.601. The molecule has 2 aromatic heterocycles. The first-order chi connectivity index (χ1) is 11.8. The maximum Gasteiger partial charge on any atom is 0.262 e. The highest BCUT2D eigenvalue weighted by atomic mass is 79.9. The van der Waals surface area contributed by atoms with Gasteiger partial charge >= 0.3 is 0 Å². The summed E-state index contributed by atoms with van der Waals surface area (Å²) in [6.07, 6.45) is 0.112. The molecule has 0 atom stereocenters. The minimum atomic E-state index is -0.436. The number of benzene rings is 1. The molecular weight excluding hydrogens is 402 g/mol. The largest absolute Gasteiger partial charge is 0.370 e. The van der Waals surface area contributed by atoms with Crippen LogP contribution in [-0.2, 0) is 11.3 Å². The van der Waals surface area contributed by atoms with Crippen LogP contribution in [-0.4, -0.2) is 15.5 Å². The van der Waals surface area contributed by atoms with E-state index in [-0.39, 0.29) is 18.5 Å². The van der Waals surface area contributed by atoms with Crippen LogP contribution < -0.4 is 11.3 Å². The quantitative estimate of drug-likeness (QED) is 0.700. The maximum atomic E-state index is 13.1. The van der Waals surface area contributed by atoms with Crippen LogP contribution in [0.4, 0.5) is 0 Å². The van der Waals surface area contributed by atoms with E-state index in [1.54, 1.807) is 6.92 Å². The number of hydrogen-bond donors (Lipinski definition) is 1.